The van der Waals surface area contributed by atoms with E-state index in [9.17, 15) is 14.4 Å². The number of carbonyl (C=O) groups excluding carboxylic acids is 2. The quantitative estimate of drug-likeness (QED) is 0.410. The number of hydrogen-bond acceptors (Lipinski definition) is 6. The number of fused-ring (bicyclic) bond motifs is 2. The Balaban J connectivity index is 2.41. The molecule has 0 amide bonds. The molecule has 3 rings (SSSR count). The van der Waals surface area contributed by atoms with Gasteiger partial charge in [0.25, 0.3) is 0 Å². The smallest absolute Gasteiger partial charge is 0.309 e. The summed E-state index contributed by atoms with van der Waals surface area (Å²) in [6.45, 7) is 2.50. The summed E-state index contributed by atoms with van der Waals surface area (Å²) in [6.07, 6.45) is 0. The van der Waals surface area contributed by atoms with Crippen molar-refractivity contribution in [3.05, 3.63) is 46.1 Å². The molecule has 0 atom stereocenters. The number of benzene rings is 1. The Hall–Kier alpha value is -3.02. The zero-order chi connectivity index (χ0) is 15.9. The maximum Gasteiger partial charge on any atom is 0.309 e. The Morgan fingerprint density at radius 3 is 2.55 bits per heavy atom. The molecular weight excluding hydrogens is 286 g/mol. The second-order valence-corrected chi connectivity index (χ2v) is 4.77. The molecule has 110 valence electrons. The molecule has 3 aromatic rings. The van der Waals surface area contributed by atoms with Gasteiger partial charge in [-0.3, -0.25) is 14.4 Å². The fourth-order valence-electron chi connectivity index (χ4n) is 2.18. The molecule has 0 N–H and O–H groups in total. The first kappa shape index (κ1) is 13.9. The van der Waals surface area contributed by atoms with Crippen molar-refractivity contribution in [2.75, 3.05) is 0 Å². The van der Waals surface area contributed by atoms with Crippen LogP contribution in [0.25, 0.3) is 22.1 Å². The predicted molar refractivity (Wildman–Crippen MR) is 79.1 cm³/mol. The lowest BCUT2D eigenvalue weighted by Crippen LogP contribution is -2.11. The van der Waals surface area contributed by atoms with Crippen LogP contribution in [-0.2, 0) is 4.79 Å². The number of nitrogens with zero attached hydrogens (tertiary/aromatic N) is 1. The second kappa shape index (κ2) is 5.07. The third-order valence-electron chi connectivity index (χ3n) is 3.16. The van der Waals surface area contributed by atoms with Crippen molar-refractivity contribution in [3.63, 3.8) is 0 Å². The van der Waals surface area contributed by atoms with E-state index in [1.54, 1.807) is 24.3 Å². The molecule has 0 aliphatic carbocycles. The van der Waals surface area contributed by atoms with Crippen molar-refractivity contribution >= 4 is 33.8 Å². The summed E-state index contributed by atoms with van der Waals surface area (Å²) >= 11 is 0. The van der Waals surface area contributed by atoms with Crippen LogP contribution in [0.4, 0.5) is 0 Å². The predicted octanol–water partition coefficient (Wildman–Crippen LogP) is 2.47. The molecule has 0 unspecified atom stereocenters. The second-order valence-electron chi connectivity index (χ2n) is 4.77. The summed E-state index contributed by atoms with van der Waals surface area (Å²) in [5.41, 5.74) is 0.160. The number of esters is 1. The molecule has 0 spiro atoms. The molecule has 1 aromatic carbocycles. The Morgan fingerprint density at radius 2 is 1.86 bits per heavy atom. The average molecular weight is 297 g/mol. The van der Waals surface area contributed by atoms with E-state index in [0.29, 0.717) is 11.0 Å². The van der Waals surface area contributed by atoms with Crippen LogP contribution in [0.15, 0.2) is 39.5 Å². The normalized spacial score (nSPS) is 10.8. The molecule has 22 heavy (non-hydrogen) atoms. The summed E-state index contributed by atoms with van der Waals surface area (Å²) in [7, 11) is 0. The molecule has 0 radical (unpaired) electrons. The standard InChI is InChI=1S/C16H11NO5/c1-8(18)11-7-12-14(20)10-5-3-4-6-13(10)22-16(12)17-15(11)21-9(2)19/h3-7H,1-2H3. The first-order chi connectivity index (χ1) is 10.5. The third-order valence-corrected chi connectivity index (χ3v) is 3.16. The van der Waals surface area contributed by atoms with Crippen LogP contribution in [0.5, 0.6) is 5.88 Å². The highest BCUT2D eigenvalue weighted by Crippen LogP contribution is 2.24. The van der Waals surface area contributed by atoms with Crippen LogP contribution >= 0.6 is 0 Å². The Kier molecular flexibility index (Phi) is 3.21. The summed E-state index contributed by atoms with van der Waals surface area (Å²) in [6, 6.07) is 8.07. The monoisotopic (exact) mass is 297 g/mol. The number of ether oxygens (including phenoxy) is 1. The summed E-state index contributed by atoms with van der Waals surface area (Å²) in [5.74, 6) is -1.14. The Morgan fingerprint density at radius 1 is 1.14 bits per heavy atom. The van der Waals surface area contributed by atoms with E-state index in [0.717, 1.165) is 0 Å². The summed E-state index contributed by atoms with van der Waals surface area (Å²) in [5, 5.41) is 0.561. The summed E-state index contributed by atoms with van der Waals surface area (Å²) < 4.78 is 10.5. The Labute approximate surface area is 124 Å². The minimum absolute atomic E-state index is 0.0185. The number of Topliss-reactive ketones (excluding diaryl/α,β-unsaturated/α-hetero) is 1. The van der Waals surface area contributed by atoms with Gasteiger partial charge in [-0.05, 0) is 25.1 Å². The van der Waals surface area contributed by atoms with Crippen LogP contribution in [-0.4, -0.2) is 16.7 Å². The highest BCUT2D eigenvalue weighted by Gasteiger charge is 2.18. The van der Waals surface area contributed by atoms with Crippen LogP contribution in [0.1, 0.15) is 24.2 Å². The number of aromatic nitrogens is 1. The van der Waals surface area contributed by atoms with Crippen molar-refractivity contribution in [1.29, 1.82) is 0 Å². The van der Waals surface area contributed by atoms with Gasteiger partial charge in [-0.1, -0.05) is 12.1 Å². The van der Waals surface area contributed by atoms with E-state index in [1.165, 1.54) is 19.9 Å². The molecule has 0 aliphatic rings. The molecule has 0 aliphatic heterocycles. The molecular formula is C16H11NO5. The van der Waals surface area contributed by atoms with E-state index in [4.69, 9.17) is 9.15 Å². The molecule has 6 heteroatoms. The van der Waals surface area contributed by atoms with E-state index in [-0.39, 0.29) is 33.8 Å². The van der Waals surface area contributed by atoms with Crippen LogP contribution in [0, 0.1) is 0 Å². The van der Waals surface area contributed by atoms with Crippen molar-refractivity contribution in [2.45, 2.75) is 13.8 Å². The lowest BCUT2D eigenvalue weighted by molar-refractivity contribution is -0.132. The van der Waals surface area contributed by atoms with Gasteiger partial charge in [-0.15, -0.1) is 0 Å². The topological polar surface area (TPSA) is 86.5 Å². The number of hydrogen-bond donors (Lipinski definition) is 0. The third kappa shape index (κ3) is 2.24. The van der Waals surface area contributed by atoms with Gasteiger partial charge in [0.05, 0.1) is 16.3 Å². The molecule has 2 aromatic heterocycles. The van der Waals surface area contributed by atoms with Gasteiger partial charge in [-0.2, -0.15) is 4.98 Å². The highest BCUT2D eigenvalue weighted by atomic mass is 16.5. The fraction of sp³-hybridized carbons (Fsp3) is 0.125. The fourth-order valence-corrected chi connectivity index (χ4v) is 2.18. The van der Waals surface area contributed by atoms with Gasteiger partial charge in [0, 0.05) is 6.92 Å². The highest BCUT2D eigenvalue weighted by molar-refractivity contribution is 6.00. The lowest BCUT2D eigenvalue weighted by Gasteiger charge is -2.07. The van der Waals surface area contributed by atoms with Gasteiger partial charge in [0.2, 0.25) is 17.0 Å². The molecule has 0 bridgehead atoms. The first-order valence-electron chi connectivity index (χ1n) is 6.53. The largest absolute Gasteiger partial charge is 0.437 e. The van der Waals surface area contributed by atoms with Crippen molar-refractivity contribution < 1.29 is 18.7 Å². The van der Waals surface area contributed by atoms with Crippen LogP contribution in [0.2, 0.25) is 0 Å². The van der Waals surface area contributed by atoms with Crippen molar-refractivity contribution in [3.8, 4) is 5.88 Å². The lowest BCUT2D eigenvalue weighted by atomic mass is 10.1. The molecule has 6 nitrogen and oxygen atoms in total. The molecule has 0 saturated heterocycles. The number of ketones is 1. The van der Waals surface area contributed by atoms with Gasteiger partial charge in [0.1, 0.15) is 5.58 Å². The zero-order valence-electron chi connectivity index (χ0n) is 11.9. The summed E-state index contributed by atoms with van der Waals surface area (Å²) in [4.78, 5) is 39.3. The molecule has 0 saturated carbocycles. The number of para-hydroxylation sites is 1. The molecule has 2 heterocycles. The zero-order valence-corrected chi connectivity index (χ0v) is 11.9. The average Bonchev–Trinajstić information content (AvgIpc) is 2.46. The molecule has 0 fully saturated rings. The van der Waals surface area contributed by atoms with E-state index in [1.807, 2.05) is 0 Å². The van der Waals surface area contributed by atoms with Crippen molar-refractivity contribution in [2.24, 2.45) is 0 Å². The van der Waals surface area contributed by atoms with Crippen LogP contribution in [0.3, 0.4) is 0 Å². The van der Waals surface area contributed by atoms with Gasteiger partial charge in [-0.25, -0.2) is 0 Å². The van der Waals surface area contributed by atoms with E-state index >= 15 is 0 Å². The Bertz CT molecular complexity index is 987. The maximum absolute atomic E-state index is 12.5. The first-order valence-corrected chi connectivity index (χ1v) is 6.53. The minimum Gasteiger partial charge on any atom is -0.437 e. The van der Waals surface area contributed by atoms with Crippen molar-refractivity contribution in [1.82, 2.24) is 4.98 Å². The van der Waals surface area contributed by atoms with Crippen LogP contribution < -0.4 is 10.2 Å². The minimum atomic E-state index is -0.613. The number of pyridine rings is 1. The van der Waals surface area contributed by atoms with Gasteiger partial charge < -0.3 is 9.15 Å². The van der Waals surface area contributed by atoms with Gasteiger partial charge >= 0.3 is 5.97 Å². The van der Waals surface area contributed by atoms with Gasteiger partial charge in [0.15, 0.2) is 5.78 Å². The number of carbonyl (C=O) groups is 2. The van der Waals surface area contributed by atoms with E-state index < -0.39 is 5.97 Å². The number of rotatable bonds is 2. The SMILES string of the molecule is CC(=O)Oc1nc2oc3ccccc3c(=O)c2cc1C(C)=O. The maximum atomic E-state index is 12.5. The van der Waals surface area contributed by atoms with E-state index in [2.05, 4.69) is 4.98 Å².